The quantitative estimate of drug-likeness (QED) is 0.903. The molecule has 0 radical (unpaired) electrons. The maximum Gasteiger partial charge on any atom is 0.417 e. The van der Waals surface area contributed by atoms with Gasteiger partial charge in [0.2, 0.25) is 0 Å². The minimum Gasteiger partial charge on any atom is -0.313 e. The molecule has 1 N–H and O–H groups in total. The van der Waals surface area contributed by atoms with Crippen LogP contribution in [0.15, 0.2) is 12.3 Å². The predicted octanol–water partition coefficient (Wildman–Crippen LogP) is 2.12. The van der Waals surface area contributed by atoms with Gasteiger partial charge in [-0.25, -0.2) is 0 Å². The van der Waals surface area contributed by atoms with Crippen LogP contribution in [0.5, 0.6) is 0 Å². The topological polar surface area (TPSA) is 42.2 Å². The van der Waals surface area contributed by atoms with E-state index in [9.17, 15) is 13.2 Å². The third-order valence-electron chi connectivity index (χ3n) is 2.19. The highest BCUT2D eigenvalue weighted by atomic mass is 35.5. The van der Waals surface area contributed by atoms with Crippen molar-refractivity contribution >= 4 is 17.2 Å². The average Bonchev–Trinajstić information content (AvgIpc) is 2.61. The van der Waals surface area contributed by atoms with E-state index in [2.05, 4.69) is 15.5 Å². The summed E-state index contributed by atoms with van der Waals surface area (Å²) in [6, 6.07) is 0.842. The van der Waals surface area contributed by atoms with Crippen molar-refractivity contribution < 1.29 is 13.2 Å². The highest BCUT2D eigenvalue weighted by Gasteiger charge is 2.32. The van der Waals surface area contributed by atoms with Gasteiger partial charge in [-0.05, 0) is 13.1 Å². The smallest absolute Gasteiger partial charge is 0.313 e. The molecule has 2 aromatic rings. The summed E-state index contributed by atoms with van der Waals surface area (Å²) >= 11 is 5.74. The van der Waals surface area contributed by atoms with E-state index >= 15 is 0 Å². The van der Waals surface area contributed by atoms with Crippen molar-refractivity contribution in [1.82, 2.24) is 19.9 Å². The molecule has 17 heavy (non-hydrogen) atoms. The Morgan fingerprint density at radius 2 is 2.12 bits per heavy atom. The van der Waals surface area contributed by atoms with Gasteiger partial charge in [0.25, 0.3) is 0 Å². The zero-order valence-electron chi connectivity index (χ0n) is 8.72. The lowest BCUT2D eigenvalue weighted by atomic mass is 10.3. The van der Waals surface area contributed by atoms with E-state index in [4.69, 9.17) is 11.6 Å². The van der Waals surface area contributed by atoms with Crippen molar-refractivity contribution in [3.05, 3.63) is 28.7 Å². The monoisotopic (exact) mass is 264 g/mol. The predicted molar refractivity (Wildman–Crippen MR) is 55.8 cm³/mol. The Morgan fingerprint density at radius 3 is 2.71 bits per heavy atom. The van der Waals surface area contributed by atoms with Gasteiger partial charge >= 0.3 is 6.18 Å². The van der Waals surface area contributed by atoms with Gasteiger partial charge in [-0.1, -0.05) is 11.6 Å². The summed E-state index contributed by atoms with van der Waals surface area (Å²) in [4.78, 5) is 0. The van der Waals surface area contributed by atoms with Gasteiger partial charge in [0.1, 0.15) is 0 Å². The molecule has 0 aliphatic rings. The summed E-state index contributed by atoms with van der Waals surface area (Å²) in [7, 11) is 1.66. The summed E-state index contributed by atoms with van der Waals surface area (Å²) in [5.74, 6) is 0.371. The zero-order valence-corrected chi connectivity index (χ0v) is 9.47. The van der Waals surface area contributed by atoms with Gasteiger partial charge in [-0.3, -0.25) is 4.40 Å². The number of nitrogens with one attached hydrogen (secondary N) is 1. The van der Waals surface area contributed by atoms with Crippen molar-refractivity contribution in [2.24, 2.45) is 0 Å². The lowest BCUT2D eigenvalue weighted by Gasteiger charge is -2.08. The summed E-state index contributed by atoms with van der Waals surface area (Å²) < 4.78 is 39.0. The average molecular weight is 265 g/mol. The first kappa shape index (κ1) is 12.1. The second-order valence-corrected chi connectivity index (χ2v) is 3.82. The normalized spacial score (nSPS) is 12.3. The number of nitrogens with zero attached hydrogens (tertiary/aromatic N) is 3. The Hall–Kier alpha value is -1.34. The van der Waals surface area contributed by atoms with Crippen LogP contribution in [0.2, 0.25) is 5.02 Å². The molecule has 2 aromatic heterocycles. The summed E-state index contributed by atoms with van der Waals surface area (Å²) in [5, 5.41) is 10.2. The fourth-order valence-electron chi connectivity index (χ4n) is 1.43. The van der Waals surface area contributed by atoms with Crippen LogP contribution in [0.1, 0.15) is 11.4 Å². The van der Waals surface area contributed by atoms with Gasteiger partial charge in [0.05, 0.1) is 17.1 Å². The first-order chi connectivity index (χ1) is 7.93. The number of aromatic nitrogens is 3. The Labute approximate surface area is 99.4 Å². The van der Waals surface area contributed by atoms with Crippen LogP contribution < -0.4 is 5.32 Å². The number of fused-ring (bicyclic) bond motifs is 1. The summed E-state index contributed by atoms with van der Waals surface area (Å²) in [6.07, 6.45) is -3.51. The Bertz CT molecular complexity index is 549. The lowest BCUT2D eigenvalue weighted by Crippen LogP contribution is -2.11. The minimum absolute atomic E-state index is 0.0744. The molecule has 0 aliphatic heterocycles. The van der Waals surface area contributed by atoms with Crippen LogP contribution in [0.3, 0.4) is 0 Å². The summed E-state index contributed by atoms with van der Waals surface area (Å²) in [5.41, 5.74) is -0.614. The molecule has 0 spiro atoms. The highest BCUT2D eigenvalue weighted by molar-refractivity contribution is 6.33. The number of pyridine rings is 1. The van der Waals surface area contributed by atoms with Crippen LogP contribution in [0.25, 0.3) is 5.65 Å². The van der Waals surface area contributed by atoms with E-state index in [1.807, 2.05) is 0 Å². The van der Waals surface area contributed by atoms with Crippen LogP contribution in [0, 0.1) is 0 Å². The second kappa shape index (κ2) is 4.15. The van der Waals surface area contributed by atoms with Gasteiger partial charge < -0.3 is 5.32 Å². The largest absolute Gasteiger partial charge is 0.417 e. The van der Waals surface area contributed by atoms with Crippen molar-refractivity contribution in [2.75, 3.05) is 7.05 Å². The molecule has 2 heterocycles. The Balaban J connectivity index is 2.65. The maximum atomic E-state index is 12.6. The van der Waals surface area contributed by atoms with Crippen LogP contribution in [-0.2, 0) is 12.7 Å². The Kier molecular flexibility index (Phi) is 2.96. The molecule has 0 bridgehead atoms. The molecule has 0 atom stereocenters. The highest BCUT2D eigenvalue weighted by Crippen LogP contribution is 2.32. The molecule has 0 aliphatic carbocycles. The van der Waals surface area contributed by atoms with Crippen LogP contribution >= 0.6 is 11.6 Å². The summed E-state index contributed by atoms with van der Waals surface area (Å²) in [6.45, 7) is 0.304. The van der Waals surface area contributed by atoms with Gasteiger partial charge in [-0.2, -0.15) is 13.2 Å². The van der Waals surface area contributed by atoms with Crippen molar-refractivity contribution in [3.63, 3.8) is 0 Å². The van der Waals surface area contributed by atoms with E-state index in [1.54, 1.807) is 7.05 Å². The van der Waals surface area contributed by atoms with Crippen molar-refractivity contribution in [1.29, 1.82) is 0 Å². The molecule has 92 valence electrons. The number of hydrogen-bond acceptors (Lipinski definition) is 3. The number of rotatable bonds is 2. The third kappa shape index (κ3) is 2.20. The Morgan fingerprint density at radius 1 is 1.41 bits per heavy atom. The molecule has 0 amide bonds. The second-order valence-electron chi connectivity index (χ2n) is 3.41. The number of alkyl halides is 3. The zero-order chi connectivity index (χ0) is 12.6. The molecule has 0 saturated heterocycles. The van der Waals surface area contributed by atoms with E-state index < -0.39 is 11.7 Å². The van der Waals surface area contributed by atoms with E-state index in [0.29, 0.717) is 12.4 Å². The van der Waals surface area contributed by atoms with E-state index in [1.165, 1.54) is 4.40 Å². The van der Waals surface area contributed by atoms with E-state index in [0.717, 1.165) is 12.3 Å². The lowest BCUT2D eigenvalue weighted by molar-refractivity contribution is -0.137. The SMILES string of the molecule is CNCc1nnc2c(Cl)cc(C(F)(F)F)cn12. The fraction of sp³-hybridized carbons (Fsp3) is 0.333. The molecule has 0 aromatic carbocycles. The first-order valence-corrected chi connectivity index (χ1v) is 5.06. The van der Waals surface area contributed by atoms with Crippen molar-refractivity contribution in [2.45, 2.75) is 12.7 Å². The van der Waals surface area contributed by atoms with Gasteiger partial charge in [0, 0.05) is 6.20 Å². The molecule has 2 rings (SSSR count). The molecule has 0 unspecified atom stereocenters. The third-order valence-corrected chi connectivity index (χ3v) is 2.47. The van der Waals surface area contributed by atoms with Gasteiger partial charge in [-0.15, -0.1) is 10.2 Å². The molecule has 0 fully saturated rings. The van der Waals surface area contributed by atoms with Crippen LogP contribution in [-0.4, -0.2) is 21.6 Å². The van der Waals surface area contributed by atoms with Crippen LogP contribution in [0.4, 0.5) is 13.2 Å². The fourth-order valence-corrected chi connectivity index (χ4v) is 1.68. The van der Waals surface area contributed by atoms with Crippen molar-refractivity contribution in [3.8, 4) is 0 Å². The minimum atomic E-state index is -4.45. The molecule has 0 saturated carbocycles. The standard InChI is InChI=1S/C9H8ClF3N4/c1-14-3-7-15-16-8-6(10)2-5(4-17(7)8)9(11,12)13/h2,4,14H,3H2,1H3. The van der Waals surface area contributed by atoms with E-state index in [-0.39, 0.29) is 10.7 Å². The molecule has 4 nitrogen and oxygen atoms in total. The maximum absolute atomic E-state index is 12.6. The number of halogens is 4. The first-order valence-electron chi connectivity index (χ1n) is 4.68. The molecular weight excluding hydrogens is 257 g/mol. The molecule has 8 heteroatoms. The molecular formula is C9H8ClF3N4. The van der Waals surface area contributed by atoms with Gasteiger partial charge in [0.15, 0.2) is 11.5 Å². The number of hydrogen-bond donors (Lipinski definition) is 1.